The molecule has 3 aliphatic rings. The number of amides is 3. The lowest BCUT2D eigenvalue weighted by atomic mass is 9.89. The molecule has 3 fully saturated rings. The maximum Gasteiger partial charge on any atom is 0.254 e. The minimum absolute atomic E-state index is 0.104. The first-order valence-corrected chi connectivity index (χ1v) is 30.9. The van der Waals surface area contributed by atoms with Gasteiger partial charge in [0.15, 0.2) is 0 Å². The number of nitrogens with zero attached hydrogens (tertiary/aromatic N) is 15. The number of rotatable bonds is 17. The minimum Gasteiger partial charge on any atom is -0.365 e. The zero-order valence-electron chi connectivity index (χ0n) is 50.1. The summed E-state index contributed by atoms with van der Waals surface area (Å²) >= 11 is 0. The molecule has 3 amide bonds. The van der Waals surface area contributed by atoms with E-state index in [1.54, 1.807) is 85.7 Å². The van der Waals surface area contributed by atoms with E-state index < -0.39 is 65.2 Å². The maximum atomic E-state index is 14.3. The highest BCUT2D eigenvalue weighted by molar-refractivity contribution is 7.84. The Balaban J connectivity index is 0.000000155. The molecular weight excluding hydrogens is 1230 g/mol. The molecule has 31 nitrogen and oxygen atoms in total. The largest absolute Gasteiger partial charge is 0.365 e. The van der Waals surface area contributed by atoms with E-state index in [9.17, 15) is 31.8 Å². The molecule has 1 unspecified atom stereocenters. The Labute approximate surface area is 532 Å². The summed E-state index contributed by atoms with van der Waals surface area (Å²) in [5.74, 6) is -1.03. The van der Waals surface area contributed by atoms with E-state index in [-0.39, 0.29) is 69.3 Å². The van der Waals surface area contributed by atoms with Gasteiger partial charge in [0, 0.05) is 60.0 Å². The third kappa shape index (κ3) is 17.9. The number of hydrogen-bond donors (Lipinski definition) is 12. The van der Waals surface area contributed by atoms with Crippen LogP contribution >= 0.6 is 0 Å². The Kier molecular flexibility index (Phi) is 22.7. The molecule has 6 aromatic heterocycles. The number of benzene rings is 3. The number of nitrogens with two attached hydrogens (primary N) is 7. The predicted molar refractivity (Wildman–Crippen MR) is 341 cm³/mol. The summed E-state index contributed by atoms with van der Waals surface area (Å²) in [6, 6.07) is 19.2. The first-order valence-electron chi connectivity index (χ1n) is 29.3. The molecule has 35 heteroatoms. The number of aromatic nitrogens is 15. The topological polar surface area (TPSA) is 480 Å². The smallest absolute Gasteiger partial charge is 0.254 e. The van der Waals surface area contributed by atoms with Crippen LogP contribution in [0.2, 0.25) is 0 Å². The first kappa shape index (κ1) is 66.9. The number of anilines is 8. The van der Waals surface area contributed by atoms with E-state index in [2.05, 4.69) is 87.1 Å². The lowest BCUT2D eigenvalue weighted by molar-refractivity contribution is 0.0991. The molecule has 9 aromatic rings. The van der Waals surface area contributed by atoms with Crippen molar-refractivity contribution in [1.82, 2.24) is 74.9 Å². The second-order valence-corrected chi connectivity index (χ2v) is 22.9. The highest BCUT2D eigenvalue weighted by atomic mass is 32.2. The molecule has 19 N–H and O–H groups in total. The Hall–Kier alpha value is -10.5. The Bertz CT molecular complexity index is 3950. The predicted octanol–water partition coefficient (Wildman–Crippen LogP) is 3.86. The summed E-state index contributed by atoms with van der Waals surface area (Å²) in [5.41, 5.74) is 43.7. The van der Waals surface area contributed by atoms with Crippen LogP contribution in [0.25, 0.3) is 17.1 Å². The molecule has 0 spiro atoms. The summed E-state index contributed by atoms with van der Waals surface area (Å²) in [5, 5.41) is 39.8. The van der Waals surface area contributed by atoms with Crippen LogP contribution in [0.4, 0.5) is 59.6 Å². The Morgan fingerprint density at radius 2 is 0.860 bits per heavy atom. The molecule has 0 bridgehead atoms. The van der Waals surface area contributed by atoms with E-state index >= 15 is 0 Å². The van der Waals surface area contributed by atoms with E-state index in [0.717, 1.165) is 43.5 Å². The van der Waals surface area contributed by atoms with Crippen molar-refractivity contribution >= 4 is 74.9 Å². The van der Waals surface area contributed by atoms with Crippen LogP contribution in [-0.2, 0) is 10.8 Å². The Morgan fingerprint density at radius 1 is 0.484 bits per heavy atom. The zero-order chi connectivity index (χ0) is 66.1. The van der Waals surface area contributed by atoms with Gasteiger partial charge in [-0.2, -0.15) is 54.9 Å². The van der Waals surface area contributed by atoms with Gasteiger partial charge in [0.1, 0.15) is 52.7 Å². The summed E-state index contributed by atoms with van der Waals surface area (Å²) in [6.07, 6.45) is 17.9. The quantitative estimate of drug-likeness (QED) is 0.0576. The van der Waals surface area contributed by atoms with Crippen molar-refractivity contribution in [1.29, 1.82) is 0 Å². The van der Waals surface area contributed by atoms with Crippen LogP contribution in [0.15, 0.2) is 134 Å². The van der Waals surface area contributed by atoms with Crippen molar-refractivity contribution in [2.24, 2.45) is 40.1 Å². The van der Waals surface area contributed by atoms with E-state index in [1.807, 2.05) is 24.3 Å². The number of primary amides is 3. The van der Waals surface area contributed by atoms with Gasteiger partial charge in [-0.3, -0.25) is 18.6 Å². The summed E-state index contributed by atoms with van der Waals surface area (Å²) in [4.78, 5) is 64.6. The van der Waals surface area contributed by atoms with Gasteiger partial charge in [-0.1, -0.05) is 18.2 Å². The highest BCUT2D eigenvalue weighted by Crippen LogP contribution is 2.29. The van der Waals surface area contributed by atoms with E-state index in [4.69, 9.17) is 40.1 Å². The lowest BCUT2D eigenvalue weighted by Crippen LogP contribution is -2.50. The van der Waals surface area contributed by atoms with Crippen molar-refractivity contribution in [2.75, 3.05) is 32.8 Å². The number of carbonyl (C=O) groups excluding carboxylic acids is 3. The van der Waals surface area contributed by atoms with E-state index in [0.29, 0.717) is 48.4 Å². The fourth-order valence-electron chi connectivity index (χ4n) is 10.0. The monoisotopic (exact) mass is 1300 g/mol. The van der Waals surface area contributed by atoms with E-state index in [1.165, 1.54) is 39.2 Å². The number of hydrogen-bond acceptors (Lipinski definition) is 25. The summed E-state index contributed by atoms with van der Waals surface area (Å²) < 4.78 is 52.4. The molecule has 93 heavy (non-hydrogen) atoms. The molecule has 3 aromatic carbocycles. The van der Waals surface area contributed by atoms with Crippen LogP contribution in [-0.4, -0.2) is 158 Å². The molecule has 0 aliphatic heterocycles. The van der Waals surface area contributed by atoms with Crippen molar-refractivity contribution in [2.45, 2.75) is 118 Å². The van der Waals surface area contributed by atoms with Gasteiger partial charge in [-0.15, -0.1) is 0 Å². The van der Waals surface area contributed by atoms with Gasteiger partial charge in [0.2, 0.25) is 17.1 Å². The SMILES string of the molecule is CS(=O)c1ncc(C(N)=O)c(Nc2cccc(-n3nccn3)c2)n1.NC(=O)c1cnc(N[C@@H]2CCC[C@H](F)[C@@H]2N)nc1Nc1cccc(-n2nccn2)c1.NC(=O)c1cnc(N[C@@H]2[C@H](F)CCC[C@@H]2N)nc1Nc1cccc(-n2nccn2)c1.N[C@@H]1[C@H](N)CCC[C@@H]1F. The lowest BCUT2D eigenvalue weighted by Gasteiger charge is -2.32. The standard InChI is InChI=1S/2C19H22FN9O.C14H13N7O2S.C6H13FN2/c20-14-5-2-6-15(16(14)21)27-19-23-10-13(17(22)30)18(28-19)26-11-3-1-4-12(9-11)29-24-7-8-25-29;20-14-5-2-6-15(21)16(14)27-19-23-10-13(17(22)30)18(28-19)26-11-3-1-4-12(9-11)29-24-7-8-25-29;1-24(23)14-16-8-11(12(15)22)13(20-14)19-9-3-2-4-10(7-9)21-17-5-6-18-21;7-4-2-1-3-5(8)6(4)9/h2*1,3-4,7-10,14-16H,2,5-6,21H2,(H2,22,30)(H2,23,26,27,28);2-8H,1H3,(H2,15,22)(H,16,19,20);4-6H,1-3,8-9H2/t2*14-,15+,16-;;4-,5+,6-/m01.0/s1. The fraction of sp³-hybridized carbons (Fsp3) is 0.328. The molecule has 0 radical (unpaired) electrons. The highest BCUT2D eigenvalue weighted by Gasteiger charge is 2.33. The molecule has 6 heterocycles. The number of halogens is 3. The van der Waals surface area contributed by atoms with Crippen molar-refractivity contribution in [3.63, 3.8) is 0 Å². The van der Waals surface area contributed by atoms with Crippen molar-refractivity contribution in [3.05, 3.63) is 145 Å². The van der Waals surface area contributed by atoms with Gasteiger partial charge < -0.3 is 66.7 Å². The summed E-state index contributed by atoms with van der Waals surface area (Å²) in [7, 11) is -1.39. The van der Waals surface area contributed by atoms with Crippen molar-refractivity contribution in [3.8, 4) is 17.1 Å². The van der Waals surface area contributed by atoms with Gasteiger partial charge in [0.25, 0.3) is 17.7 Å². The minimum atomic E-state index is -1.39. The fourth-order valence-corrected chi connectivity index (χ4v) is 10.5. The molecular formula is C58H70F3N27O4S. The second-order valence-electron chi connectivity index (χ2n) is 21.6. The normalized spacial score (nSPS) is 21.1. The molecule has 488 valence electrons. The van der Waals surface area contributed by atoms with Crippen LogP contribution in [0.3, 0.4) is 0 Å². The average Bonchev–Trinajstić information content (AvgIpc) is 1.30. The van der Waals surface area contributed by atoms with Gasteiger partial charge in [-0.25, -0.2) is 33.1 Å². The van der Waals surface area contributed by atoms with Gasteiger partial charge >= 0.3 is 0 Å². The van der Waals surface area contributed by atoms with Crippen LogP contribution in [0.5, 0.6) is 0 Å². The molecule has 10 atom stereocenters. The number of carbonyl (C=O) groups is 3. The molecule has 12 rings (SSSR count). The number of nitrogens with one attached hydrogen (secondary N) is 5. The van der Waals surface area contributed by atoms with Crippen LogP contribution in [0.1, 0.15) is 88.9 Å². The molecule has 3 aliphatic carbocycles. The zero-order valence-corrected chi connectivity index (χ0v) is 50.9. The maximum absolute atomic E-state index is 14.3. The summed E-state index contributed by atoms with van der Waals surface area (Å²) in [6.45, 7) is 0. The third-order valence-corrected chi connectivity index (χ3v) is 15.7. The number of alkyl halides is 3. The van der Waals surface area contributed by atoms with Gasteiger partial charge in [0.05, 0.1) is 83.2 Å². The average molecular weight is 1300 g/mol. The van der Waals surface area contributed by atoms with Gasteiger partial charge in [-0.05, 0) is 112 Å². The van der Waals surface area contributed by atoms with Crippen LogP contribution < -0.4 is 66.7 Å². The Morgan fingerprint density at radius 3 is 1.26 bits per heavy atom. The first-order chi connectivity index (χ1) is 44.8. The molecule has 3 saturated carbocycles. The van der Waals surface area contributed by atoms with Crippen LogP contribution in [0, 0.1) is 0 Å². The van der Waals surface area contributed by atoms with Crippen molar-refractivity contribution < 1.29 is 31.8 Å². The molecule has 0 saturated heterocycles. The second kappa shape index (κ2) is 31.5. The third-order valence-electron chi connectivity index (χ3n) is 15.0.